The molecule has 182 valence electrons. The number of nitrogens with one attached hydrogen (secondary N) is 2. The van der Waals surface area contributed by atoms with Crippen molar-refractivity contribution in [2.45, 2.75) is 19.4 Å². The molecule has 0 unspecified atom stereocenters. The number of imidazole rings is 1. The van der Waals surface area contributed by atoms with E-state index in [4.69, 9.17) is 4.98 Å². The quantitative estimate of drug-likeness (QED) is 0.312. The number of nitrogens with zero attached hydrogens (tertiary/aromatic N) is 5. The van der Waals surface area contributed by atoms with Gasteiger partial charge in [0.1, 0.15) is 22.7 Å². The molecule has 8 heteroatoms. The summed E-state index contributed by atoms with van der Waals surface area (Å²) in [7, 11) is 0. The topological polar surface area (TPSA) is 86.4 Å². The standard InChI is InChI=1S/C29H24FN7/c30-23-6-2-1-5-21(23)26-28-25(9-10-32-26)33-29(34-28)27-22-14-19(7-8-24(22)35-36-27)20-13-18(15-31-16-20)17-37-11-3-4-12-37/h1-2,5-10,13-16H,3-4,11-12,17H2,(H,33,34)(H,35,36). The third-order valence-electron chi connectivity index (χ3n) is 7.05. The maximum absolute atomic E-state index is 14.5. The predicted octanol–water partition coefficient (Wildman–Crippen LogP) is 5.97. The molecule has 0 radical (unpaired) electrons. The lowest BCUT2D eigenvalue weighted by Gasteiger charge is -2.14. The number of H-pyrrole nitrogens is 2. The van der Waals surface area contributed by atoms with Crippen molar-refractivity contribution in [3.05, 3.63) is 84.6 Å². The number of fused-ring (bicyclic) bond motifs is 2. The SMILES string of the molecule is Fc1ccccc1-c1nccc2[nH]c(-c3n[nH]c4ccc(-c5cncc(CN6CCCC6)c5)cc34)nc12. The predicted molar refractivity (Wildman–Crippen MR) is 142 cm³/mol. The van der Waals surface area contributed by atoms with Gasteiger partial charge in [0, 0.05) is 41.6 Å². The number of pyridine rings is 2. The van der Waals surface area contributed by atoms with Gasteiger partial charge in [0.15, 0.2) is 5.82 Å². The molecule has 0 amide bonds. The summed E-state index contributed by atoms with van der Waals surface area (Å²) in [5.74, 6) is 0.271. The number of hydrogen-bond donors (Lipinski definition) is 2. The molecule has 0 bridgehead atoms. The molecule has 1 fully saturated rings. The molecule has 6 aromatic rings. The van der Waals surface area contributed by atoms with Gasteiger partial charge in [-0.1, -0.05) is 18.2 Å². The lowest BCUT2D eigenvalue weighted by Crippen LogP contribution is -2.18. The maximum Gasteiger partial charge on any atom is 0.159 e. The number of benzene rings is 2. The molecule has 0 aliphatic carbocycles. The zero-order valence-electron chi connectivity index (χ0n) is 20.1. The Bertz CT molecular complexity index is 1750. The highest BCUT2D eigenvalue weighted by Crippen LogP contribution is 2.33. The summed E-state index contributed by atoms with van der Waals surface area (Å²) in [4.78, 5) is 19.6. The second-order valence-electron chi connectivity index (χ2n) is 9.52. The van der Waals surface area contributed by atoms with Crippen molar-refractivity contribution in [3.8, 4) is 33.9 Å². The Labute approximate surface area is 212 Å². The largest absolute Gasteiger partial charge is 0.336 e. The Balaban J connectivity index is 1.29. The minimum absolute atomic E-state index is 0.331. The fraction of sp³-hybridized carbons (Fsp3) is 0.172. The average molecular weight is 490 g/mol. The van der Waals surface area contributed by atoms with Crippen LogP contribution in [0, 0.1) is 5.82 Å². The molecule has 5 heterocycles. The molecule has 7 rings (SSSR count). The first-order valence-corrected chi connectivity index (χ1v) is 12.5. The molecule has 2 aromatic carbocycles. The van der Waals surface area contributed by atoms with Crippen LogP contribution in [-0.2, 0) is 6.54 Å². The minimum atomic E-state index is -0.331. The number of rotatable bonds is 5. The van der Waals surface area contributed by atoms with Gasteiger partial charge < -0.3 is 4.98 Å². The summed E-state index contributed by atoms with van der Waals surface area (Å²) in [5, 5.41) is 8.63. The molecule has 0 spiro atoms. The van der Waals surface area contributed by atoms with Crippen LogP contribution < -0.4 is 0 Å². The van der Waals surface area contributed by atoms with Crippen molar-refractivity contribution in [3.63, 3.8) is 0 Å². The van der Waals surface area contributed by atoms with Crippen LogP contribution in [0.1, 0.15) is 18.4 Å². The Morgan fingerprint density at radius 2 is 1.78 bits per heavy atom. The Kier molecular flexibility index (Phi) is 5.25. The molecule has 4 aromatic heterocycles. The second kappa shape index (κ2) is 8.90. The highest BCUT2D eigenvalue weighted by atomic mass is 19.1. The monoisotopic (exact) mass is 489 g/mol. The van der Waals surface area contributed by atoms with Crippen molar-refractivity contribution >= 4 is 21.9 Å². The van der Waals surface area contributed by atoms with Crippen LogP contribution in [0.5, 0.6) is 0 Å². The lowest BCUT2D eigenvalue weighted by atomic mass is 10.0. The van der Waals surface area contributed by atoms with E-state index >= 15 is 0 Å². The van der Waals surface area contributed by atoms with Crippen LogP contribution in [0.4, 0.5) is 4.39 Å². The third-order valence-corrected chi connectivity index (χ3v) is 7.05. The van der Waals surface area contributed by atoms with Gasteiger partial charge in [-0.15, -0.1) is 0 Å². The molecular formula is C29H24FN7. The highest BCUT2D eigenvalue weighted by molar-refractivity contribution is 5.97. The van der Waals surface area contributed by atoms with Gasteiger partial charge in [0.2, 0.25) is 0 Å². The van der Waals surface area contributed by atoms with E-state index in [1.54, 1.807) is 24.4 Å². The van der Waals surface area contributed by atoms with Gasteiger partial charge in [0.25, 0.3) is 0 Å². The van der Waals surface area contributed by atoms with E-state index in [1.165, 1.54) is 24.5 Å². The maximum atomic E-state index is 14.5. The molecule has 0 saturated carbocycles. The number of aromatic nitrogens is 6. The van der Waals surface area contributed by atoms with Crippen LogP contribution >= 0.6 is 0 Å². The summed E-state index contributed by atoms with van der Waals surface area (Å²) in [5.41, 5.74) is 7.26. The van der Waals surface area contributed by atoms with Crippen molar-refractivity contribution in [1.82, 2.24) is 35.0 Å². The molecule has 1 aliphatic rings. The molecule has 37 heavy (non-hydrogen) atoms. The van der Waals surface area contributed by atoms with Gasteiger partial charge in [-0.05, 0) is 73.5 Å². The molecule has 0 atom stereocenters. The summed E-state index contributed by atoms with van der Waals surface area (Å²) in [6, 6.07) is 16.9. The molecule has 7 nitrogen and oxygen atoms in total. The van der Waals surface area contributed by atoms with Gasteiger partial charge in [-0.3, -0.25) is 20.0 Å². The number of aromatic amines is 2. The first kappa shape index (κ1) is 21.8. The molecular weight excluding hydrogens is 465 g/mol. The fourth-order valence-electron chi connectivity index (χ4n) is 5.20. The summed E-state index contributed by atoms with van der Waals surface area (Å²) >= 11 is 0. The van der Waals surface area contributed by atoms with Crippen molar-refractivity contribution < 1.29 is 4.39 Å². The number of hydrogen-bond acceptors (Lipinski definition) is 5. The Morgan fingerprint density at radius 1 is 0.892 bits per heavy atom. The Hall–Kier alpha value is -4.43. The first-order chi connectivity index (χ1) is 18.2. The van der Waals surface area contributed by atoms with Gasteiger partial charge >= 0.3 is 0 Å². The van der Waals surface area contributed by atoms with E-state index < -0.39 is 0 Å². The highest BCUT2D eigenvalue weighted by Gasteiger charge is 2.18. The summed E-state index contributed by atoms with van der Waals surface area (Å²) < 4.78 is 14.5. The van der Waals surface area contributed by atoms with Gasteiger partial charge in [0.05, 0.1) is 11.0 Å². The first-order valence-electron chi connectivity index (χ1n) is 12.5. The summed E-state index contributed by atoms with van der Waals surface area (Å²) in [6.07, 6.45) is 8.06. The van der Waals surface area contributed by atoms with Crippen molar-refractivity contribution in [2.24, 2.45) is 0 Å². The third kappa shape index (κ3) is 3.95. The zero-order chi connectivity index (χ0) is 24.8. The molecule has 1 saturated heterocycles. The molecule has 2 N–H and O–H groups in total. The van der Waals surface area contributed by atoms with E-state index in [0.717, 1.165) is 47.2 Å². The van der Waals surface area contributed by atoms with Crippen LogP contribution in [-0.4, -0.2) is 48.1 Å². The van der Waals surface area contributed by atoms with E-state index in [9.17, 15) is 4.39 Å². The number of halogens is 1. The van der Waals surface area contributed by atoms with E-state index in [2.05, 4.69) is 48.2 Å². The average Bonchev–Trinajstić information content (AvgIpc) is 3.68. The van der Waals surface area contributed by atoms with Gasteiger partial charge in [-0.25, -0.2) is 9.37 Å². The van der Waals surface area contributed by atoms with Gasteiger partial charge in [-0.2, -0.15) is 5.10 Å². The van der Waals surface area contributed by atoms with E-state index in [-0.39, 0.29) is 5.82 Å². The molecule has 1 aliphatic heterocycles. The minimum Gasteiger partial charge on any atom is -0.336 e. The van der Waals surface area contributed by atoms with Crippen LogP contribution in [0.15, 0.2) is 73.2 Å². The zero-order valence-corrected chi connectivity index (χ0v) is 20.1. The normalized spacial score (nSPS) is 14.2. The smallest absolute Gasteiger partial charge is 0.159 e. The summed E-state index contributed by atoms with van der Waals surface area (Å²) in [6.45, 7) is 3.23. The van der Waals surface area contributed by atoms with Crippen molar-refractivity contribution in [1.29, 1.82) is 0 Å². The lowest BCUT2D eigenvalue weighted by molar-refractivity contribution is 0.331. The van der Waals surface area contributed by atoms with Crippen LogP contribution in [0.25, 0.3) is 55.8 Å². The Morgan fingerprint density at radius 3 is 2.68 bits per heavy atom. The van der Waals surface area contributed by atoms with E-state index in [0.29, 0.717) is 28.3 Å². The van der Waals surface area contributed by atoms with Crippen LogP contribution in [0.3, 0.4) is 0 Å². The van der Waals surface area contributed by atoms with Crippen LogP contribution in [0.2, 0.25) is 0 Å². The van der Waals surface area contributed by atoms with Crippen molar-refractivity contribution in [2.75, 3.05) is 13.1 Å². The second-order valence-corrected chi connectivity index (χ2v) is 9.52. The number of likely N-dealkylation sites (tertiary alicyclic amines) is 1. The fourth-order valence-corrected chi connectivity index (χ4v) is 5.20. The van der Waals surface area contributed by atoms with E-state index in [1.807, 2.05) is 24.5 Å².